The molecular formula is C14H17NO4S. The molecule has 0 saturated carbocycles. The van der Waals surface area contributed by atoms with Gasteiger partial charge in [0.15, 0.2) is 9.84 Å². The maximum atomic E-state index is 12.2. The lowest BCUT2D eigenvalue weighted by Gasteiger charge is -2.25. The van der Waals surface area contributed by atoms with Gasteiger partial charge in [-0.2, -0.15) is 0 Å². The summed E-state index contributed by atoms with van der Waals surface area (Å²) in [5.41, 5.74) is 0.684. The molecule has 0 N–H and O–H groups in total. The molecule has 0 aliphatic carbocycles. The molecule has 2 atom stereocenters. The number of amides is 1. The van der Waals surface area contributed by atoms with Crippen LogP contribution < -0.4 is 9.64 Å². The van der Waals surface area contributed by atoms with Gasteiger partial charge in [-0.3, -0.25) is 4.79 Å². The quantitative estimate of drug-likeness (QED) is 0.841. The van der Waals surface area contributed by atoms with Gasteiger partial charge in [0.2, 0.25) is 5.91 Å². The number of anilines is 1. The van der Waals surface area contributed by atoms with Crippen LogP contribution in [-0.4, -0.2) is 38.5 Å². The van der Waals surface area contributed by atoms with E-state index in [2.05, 4.69) is 0 Å². The average Bonchev–Trinajstić information content (AvgIpc) is 2.81. The highest BCUT2D eigenvalue weighted by Crippen LogP contribution is 2.40. The molecular weight excluding hydrogens is 278 g/mol. The van der Waals surface area contributed by atoms with Gasteiger partial charge in [-0.05, 0) is 19.1 Å². The highest BCUT2D eigenvalue weighted by molar-refractivity contribution is 7.91. The molecule has 1 aromatic carbocycles. The zero-order valence-corrected chi connectivity index (χ0v) is 12.1. The lowest BCUT2D eigenvalue weighted by atomic mass is 10.0. The molecule has 1 aromatic rings. The smallest absolute Gasteiger partial charge is 0.227 e. The van der Waals surface area contributed by atoms with E-state index in [0.29, 0.717) is 24.5 Å². The number of hydrogen-bond donors (Lipinski definition) is 0. The molecule has 5 nitrogen and oxygen atoms in total. The number of rotatable bonds is 3. The Balaban J connectivity index is 1.99. The number of ether oxygens (including phenoxy) is 1. The van der Waals surface area contributed by atoms with Crippen molar-refractivity contribution in [2.45, 2.75) is 19.4 Å². The first-order valence-corrected chi connectivity index (χ1v) is 8.58. The van der Waals surface area contributed by atoms with Crippen LogP contribution in [0.3, 0.4) is 0 Å². The summed E-state index contributed by atoms with van der Waals surface area (Å²) >= 11 is 0. The van der Waals surface area contributed by atoms with Crippen LogP contribution in [-0.2, 0) is 14.6 Å². The SMILES string of the molecule is CCOc1ccccc1N1C(=O)C[C@H]2CS(=O)(=O)C[C@@H]21. The van der Waals surface area contributed by atoms with Gasteiger partial charge in [-0.15, -0.1) is 0 Å². The third-order valence-corrected chi connectivity index (χ3v) is 5.68. The summed E-state index contributed by atoms with van der Waals surface area (Å²) in [6.45, 7) is 2.39. The lowest BCUT2D eigenvalue weighted by Crippen LogP contribution is -2.36. The maximum Gasteiger partial charge on any atom is 0.227 e. The predicted molar refractivity (Wildman–Crippen MR) is 75.6 cm³/mol. The first kappa shape index (κ1) is 13.4. The van der Waals surface area contributed by atoms with Crippen LogP contribution in [0.25, 0.3) is 0 Å². The number of hydrogen-bond acceptors (Lipinski definition) is 4. The van der Waals surface area contributed by atoms with Crippen molar-refractivity contribution in [2.24, 2.45) is 5.92 Å². The third kappa shape index (κ3) is 2.18. The predicted octanol–water partition coefficient (Wildman–Crippen LogP) is 1.24. The fourth-order valence-corrected chi connectivity index (χ4v) is 5.21. The van der Waals surface area contributed by atoms with Crippen molar-refractivity contribution in [3.8, 4) is 5.75 Å². The van der Waals surface area contributed by atoms with Crippen LogP contribution in [0.5, 0.6) is 5.75 Å². The molecule has 1 amide bonds. The Kier molecular flexibility index (Phi) is 3.20. The van der Waals surface area contributed by atoms with E-state index in [0.717, 1.165) is 0 Å². The topological polar surface area (TPSA) is 63.7 Å². The average molecular weight is 295 g/mol. The molecule has 108 valence electrons. The van der Waals surface area contributed by atoms with E-state index in [1.54, 1.807) is 4.90 Å². The normalized spacial score (nSPS) is 27.6. The molecule has 20 heavy (non-hydrogen) atoms. The largest absolute Gasteiger partial charge is 0.492 e. The first-order valence-electron chi connectivity index (χ1n) is 6.76. The maximum absolute atomic E-state index is 12.2. The second-order valence-electron chi connectivity index (χ2n) is 5.27. The number of para-hydroxylation sites is 2. The molecule has 6 heteroatoms. The fourth-order valence-electron chi connectivity index (χ4n) is 3.14. The third-order valence-electron chi connectivity index (χ3n) is 3.90. The van der Waals surface area contributed by atoms with E-state index < -0.39 is 9.84 Å². The van der Waals surface area contributed by atoms with Gasteiger partial charge in [0.25, 0.3) is 0 Å². The van der Waals surface area contributed by atoms with Crippen molar-refractivity contribution in [1.82, 2.24) is 0 Å². The van der Waals surface area contributed by atoms with E-state index >= 15 is 0 Å². The van der Waals surface area contributed by atoms with E-state index in [-0.39, 0.29) is 29.4 Å². The molecule has 0 spiro atoms. The second kappa shape index (κ2) is 4.77. The minimum atomic E-state index is -3.03. The fraction of sp³-hybridized carbons (Fsp3) is 0.500. The molecule has 2 saturated heterocycles. The lowest BCUT2D eigenvalue weighted by molar-refractivity contribution is -0.117. The van der Waals surface area contributed by atoms with E-state index in [1.165, 1.54) is 0 Å². The number of benzene rings is 1. The summed E-state index contributed by atoms with van der Waals surface area (Å²) in [7, 11) is -3.03. The van der Waals surface area contributed by atoms with Gasteiger partial charge in [0.1, 0.15) is 5.75 Å². The van der Waals surface area contributed by atoms with Crippen molar-refractivity contribution in [3.63, 3.8) is 0 Å². The number of nitrogens with zero attached hydrogens (tertiary/aromatic N) is 1. The molecule has 2 fully saturated rings. The molecule has 0 bridgehead atoms. The van der Waals surface area contributed by atoms with Crippen molar-refractivity contribution in [2.75, 3.05) is 23.0 Å². The molecule has 0 radical (unpaired) electrons. The first-order chi connectivity index (χ1) is 9.52. The Morgan fingerprint density at radius 1 is 1.30 bits per heavy atom. The second-order valence-corrected chi connectivity index (χ2v) is 7.43. The van der Waals surface area contributed by atoms with Gasteiger partial charge in [0, 0.05) is 12.3 Å². The van der Waals surface area contributed by atoms with Crippen LogP contribution in [0.1, 0.15) is 13.3 Å². The minimum Gasteiger partial charge on any atom is -0.492 e. The van der Waals surface area contributed by atoms with Crippen molar-refractivity contribution in [1.29, 1.82) is 0 Å². The van der Waals surface area contributed by atoms with Gasteiger partial charge in [-0.1, -0.05) is 12.1 Å². The number of carbonyl (C=O) groups is 1. The zero-order chi connectivity index (χ0) is 14.3. The molecule has 2 heterocycles. The Hall–Kier alpha value is -1.56. The summed E-state index contributed by atoms with van der Waals surface area (Å²) in [4.78, 5) is 13.9. The number of fused-ring (bicyclic) bond motifs is 1. The molecule has 2 aliphatic heterocycles. The summed E-state index contributed by atoms with van der Waals surface area (Å²) < 4.78 is 29.1. The molecule has 0 aromatic heterocycles. The monoisotopic (exact) mass is 295 g/mol. The molecule has 3 rings (SSSR count). The van der Waals surface area contributed by atoms with Gasteiger partial charge < -0.3 is 9.64 Å². The van der Waals surface area contributed by atoms with Crippen LogP contribution in [0.15, 0.2) is 24.3 Å². The Morgan fingerprint density at radius 2 is 2.05 bits per heavy atom. The Morgan fingerprint density at radius 3 is 2.80 bits per heavy atom. The van der Waals surface area contributed by atoms with Gasteiger partial charge >= 0.3 is 0 Å². The number of sulfone groups is 1. The Labute approximate surface area is 118 Å². The molecule has 2 aliphatic rings. The van der Waals surface area contributed by atoms with Crippen LogP contribution in [0, 0.1) is 5.92 Å². The zero-order valence-electron chi connectivity index (χ0n) is 11.3. The standard InChI is InChI=1S/C14H17NO4S/c1-2-19-13-6-4-3-5-11(13)15-12-9-20(17,18)8-10(12)7-14(15)16/h3-6,10,12H,2,7-9H2,1H3/t10-,12-/m0/s1. The van der Waals surface area contributed by atoms with E-state index in [4.69, 9.17) is 4.74 Å². The summed E-state index contributed by atoms with van der Waals surface area (Å²) in [5, 5.41) is 0. The van der Waals surface area contributed by atoms with Crippen LogP contribution >= 0.6 is 0 Å². The van der Waals surface area contributed by atoms with Gasteiger partial charge in [-0.25, -0.2) is 8.42 Å². The van der Waals surface area contributed by atoms with Crippen molar-refractivity contribution < 1.29 is 17.9 Å². The van der Waals surface area contributed by atoms with Gasteiger partial charge in [0.05, 0.1) is 29.8 Å². The summed E-state index contributed by atoms with van der Waals surface area (Å²) in [5.74, 6) is 0.721. The Bertz CT molecular complexity index is 640. The van der Waals surface area contributed by atoms with E-state index in [9.17, 15) is 13.2 Å². The number of carbonyl (C=O) groups excluding carboxylic acids is 1. The minimum absolute atomic E-state index is 0.0120. The molecule has 0 unspecified atom stereocenters. The highest BCUT2D eigenvalue weighted by atomic mass is 32.2. The van der Waals surface area contributed by atoms with Crippen molar-refractivity contribution >= 4 is 21.4 Å². The van der Waals surface area contributed by atoms with Crippen LogP contribution in [0.4, 0.5) is 5.69 Å². The summed E-state index contributed by atoms with van der Waals surface area (Å²) in [6.07, 6.45) is 0.310. The summed E-state index contributed by atoms with van der Waals surface area (Å²) in [6, 6.07) is 7.06. The highest BCUT2D eigenvalue weighted by Gasteiger charge is 2.49. The van der Waals surface area contributed by atoms with E-state index in [1.807, 2.05) is 31.2 Å². The van der Waals surface area contributed by atoms with Crippen LogP contribution in [0.2, 0.25) is 0 Å². The van der Waals surface area contributed by atoms with Crippen molar-refractivity contribution in [3.05, 3.63) is 24.3 Å².